The van der Waals surface area contributed by atoms with E-state index < -0.39 is 0 Å². The lowest BCUT2D eigenvalue weighted by atomic mass is 10.1. The van der Waals surface area contributed by atoms with Crippen molar-refractivity contribution < 1.29 is 9.90 Å². The first-order chi connectivity index (χ1) is 7.71. The minimum atomic E-state index is -0.373. The van der Waals surface area contributed by atoms with Crippen molar-refractivity contribution in [2.75, 3.05) is 19.0 Å². The third-order valence-corrected chi connectivity index (χ3v) is 2.28. The first-order valence-corrected chi connectivity index (χ1v) is 5.25. The van der Waals surface area contributed by atoms with E-state index in [9.17, 15) is 9.90 Å². The number of amides is 1. The zero-order valence-corrected chi connectivity index (χ0v) is 9.53. The number of aromatic nitrogens is 1. The molecule has 5 nitrogen and oxygen atoms in total. The molecule has 3 N–H and O–H groups in total. The Morgan fingerprint density at radius 2 is 2.38 bits per heavy atom. The zero-order valence-electron chi connectivity index (χ0n) is 9.53. The number of rotatable bonds is 5. The molecule has 0 radical (unpaired) electrons. The Morgan fingerprint density at radius 1 is 1.62 bits per heavy atom. The topological polar surface area (TPSA) is 74.2 Å². The standard InChI is InChI=1S/C11H17N3O2/c1-3-11(16)14-9(7-15)8-4-5-13-10(6-8)12-2/h4-6,9,15H,3,7H2,1-2H3,(H,12,13)(H,14,16)/t9-/m1/s1. The lowest BCUT2D eigenvalue weighted by Crippen LogP contribution is -2.30. The molecule has 0 unspecified atom stereocenters. The summed E-state index contributed by atoms with van der Waals surface area (Å²) in [6.07, 6.45) is 2.04. The van der Waals surface area contributed by atoms with Gasteiger partial charge in [-0.15, -0.1) is 0 Å². The van der Waals surface area contributed by atoms with Gasteiger partial charge in [-0.3, -0.25) is 4.79 Å². The van der Waals surface area contributed by atoms with E-state index in [1.807, 2.05) is 0 Å². The lowest BCUT2D eigenvalue weighted by Gasteiger charge is -2.16. The number of pyridine rings is 1. The summed E-state index contributed by atoms with van der Waals surface area (Å²) in [4.78, 5) is 15.3. The van der Waals surface area contributed by atoms with E-state index in [4.69, 9.17) is 0 Å². The predicted octanol–water partition coefficient (Wildman–Crippen LogP) is 0.683. The molecule has 1 rings (SSSR count). The maximum atomic E-state index is 11.3. The minimum absolute atomic E-state index is 0.0816. The van der Waals surface area contributed by atoms with Gasteiger partial charge >= 0.3 is 0 Å². The Morgan fingerprint density at radius 3 is 2.94 bits per heavy atom. The second-order valence-corrected chi connectivity index (χ2v) is 3.38. The number of nitrogens with one attached hydrogen (secondary N) is 2. The highest BCUT2D eigenvalue weighted by atomic mass is 16.3. The van der Waals surface area contributed by atoms with E-state index >= 15 is 0 Å². The number of carbonyl (C=O) groups is 1. The molecule has 1 atom stereocenters. The van der Waals surface area contributed by atoms with Gasteiger partial charge in [0.2, 0.25) is 5.91 Å². The number of anilines is 1. The van der Waals surface area contributed by atoms with Crippen LogP contribution in [0.15, 0.2) is 18.3 Å². The summed E-state index contributed by atoms with van der Waals surface area (Å²) in [6, 6.07) is 3.21. The first-order valence-electron chi connectivity index (χ1n) is 5.25. The number of aliphatic hydroxyl groups excluding tert-OH is 1. The summed E-state index contributed by atoms with van der Waals surface area (Å²) < 4.78 is 0. The van der Waals surface area contributed by atoms with Crippen LogP contribution < -0.4 is 10.6 Å². The maximum Gasteiger partial charge on any atom is 0.220 e. The van der Waals surface area contributed by atoms with E-state index in [1.165, 1.54) is 0 Å². The van der Waals surface area contributed by atoms with Gasteiger partial charge in [0.25, 0.3) is 0 Å². The van der Waals surface area contributed by atoms with Gasteiger partial charge in [0, 0.05) is 19.7 Å². The third kappa shape index (κ3) is 3.20. The van der Waals surface area contributed by atoms with Crippen molar-refractivity contribution in [3.63, 3.8) is 0 Å². The molecule has 1 amide bonds. The smallest absolute Gasteiger partial charge is 0.220 e. The predicted molar refractivity (Wildman–Crippen MR) is 62.0 cm³/mol. The van der Waals surface area contributed by atoms with E-state index in [-0.39, 0.29) is 18.6 Å². The average Bonchev–Trinajstić information content (AvgIpc) is 2.35. The van der Waals surface area contributed by atoms with Gasteiger partial charge < -0.3 is 15.7 Å². The Hall–Kier alpha value is -1.62. The van der Waals surface area contributed by atoms with Crippen molar-refractivity contribution in [1.82, 2.24) is 10.3 Å². The number of nitrogens with zero attached hydrogens (tertiary/aromatic N) is 1. The molecule has 0 saturated carbocycles. The molecule has 1 aromatic rings. The van der Waals surface area contributed by atoms with Gasteiger partial charge in [-0.2, -0.15) is 0 Å². The van der Waals surface area contributed by atoms with E-state index in [0.29, 0.717) is 12.2 Å². The highest BCUT2D eigenvalue weighted by Crippen LogP contribution is 2.15. The molecule has 0 aliphatic rings. The van der Waals surface area contributed by atoms with Gasteiger partial charge in [-0.25, -0.2) is 4.98 Å². The molecular formula is C11H17N3O2. The second kappa shape index (κ2) is 6.07. The number of carbonyl (C=O) groups excluding carboxylic acids is 1. The summed E-state index contributed by atoms with van der Waals surface area (Å²) in [5.74, 6) is 0.628. The van der Waals surface area contributed by atoms with Gasteiger partial charge in [-0.1, -0.05) is 6.92 Å². The van der Waals surface area contributed by atoms with Crippen molar-refractivity contribution in [2.45, 2.75) is 19.4 Å². The van der Waals surface area contributed by atoms with Gasteiger partial charge in [-0.05, 0) is 17.7 Å². The molecule has 0 aromatic carbocycles. The summed E-state index contributed by atoms with van der Waals surface area (Å²) >= 11 is 0. The fourth-order valence-electron chi connectivity index (χ4n) is 1.33. The molecule has 5 heteroatoms. The van der Waals surface area contributed by atoms with Crippen LogP contribution >= 0.6 is 0 Å². The highest BCUT2D eigenvalue weighted by molar-refractivity contribution is 5.76. The Labute approximate surface area is 94.9 Å². The Balaban J connectivity index is 2.81. The molecule has 0 fully saturated rings. The molecule has 0 bridgehead atoms. The third-order valence-electron chi connectivity index (χ3n) is 2.28. The Bertz CT molecular complexity index is 355. The largest absolute Gasteiger partial charge is 0.394 e. The summed E-state index contributed by atoms with van der Waals surface area (Å²) in [5.41, 5.74) is 0.837. The van der Waals surface area contributed by atoms with Crippen LogP contribution in [0.25, 0.3) is 0 Å². The van der Waals surface area contributed by atoms with E-state index in [1.54, 1.807) is 32.3 Å². The van der Waals surface area contributed by atoms with Crippen molar-refractivity contribution in [2.24, 2.45) is 0 Å². The normalized spacial score (nSPS) is 11.9. The Kier molecular flexibility index (Phi) is 4.72. The number of aliphatic hydroxyl groups is 1. The van der Waals surface area contributed by atoms with Gasteiger partial charge in [0.05, 0.1) is 12.6 Å². The van der Waals surface area contributed by atoms with Crippen molar-refractivity contribution in [3.05, 3.63) is 23.9 Å². The van der Waals surface area contributed by atoms with Crippen molar-refractivity contribution in [1.29, 1.82) is 0 Å². The quantitative estimate of drug-likeness (QED) is 0.686. The number of hydrogen-bond acceptors (Lipinski definition) is 4. The monoisotopic (exact) mass is 223 g/mol. The number of hydrogen-bond donors (Lipinski definition) is 3. The summed E-state index contributed by atoms with van der Waals surface area (Å²) in [6.45, 7) is 1.65. The molecule has 16 heavy (non-hydrogen) atoms. The average molecular weight is 223 g/mol. The fourth-order valence-corrected chi connectivity index (χ4v) is 1.33. The molecule has 0 aliphatic carbocycles. The van der Waals surface area contributed by atoms with Crippen LogP contribution in [0.1, 0.15) is 24.9 Å². The fraction of sp³-hybridized carbons (Fsp3) is 0.455. The zero-order chi connectivity index (χ0) is 12.0. The SMILES string of the molecule is CCC(=O)N[C@H](CO)c1ccnc(NC)c1. The van der Waals surface area contributed by atoms with Crippen molar-refractivity contribution in [3.8, 4) is 0 Å². The lowest BCUT2D eigenvalue weighted by molar-refractivity contribution is -0.121. The molecule has 0 saturated heterocycles. The molecule has 88 valence electrons. The van der Waals surface area contributed by atoms with Crippen LogP contribution in [0.2, 0.25) is 0 Å². The molecule has 0 spiro atoms. The minimum Gasteiger partial charge on any atom is -0.394 e. The second-order valence-electron chi connectivity index (χ2n) is 3.38. The summed E-state index contributed by atoms with van der Waals surface area (Å²) in [7, 11) is 1.77. The molecule has 1 heterocycles. The molecular weight excluding hydrogens is 206 g/mol. The van der Waals surface area contributed by atoms with Crippen LogP contribution in [-0.4, -0.2) is 29.7 Å². The van der Waals surface area contributed by atoms with Gasteiger partial charge in [0.1, 0.15) is 5.82 Å². The van der Waals surface area contributed by atoms with Crippen molar-refractivity contribution >= 4 is 11.7 Å². The molecule has 1 aromatic heterocycles. The maximum absolute atomic E-state index is 11.3. The summed E-state index contributed by atoms with van der Waals surface area (Å²) in [5, 5.41) is 14.9. The van der Waals surface area contributed by atoms with Crippen LogP contribution in [-0.2, 0) is 4.79 Å². The van der Waals surface area contributed by atoms with E-state index in [0.717, 1.165) is 5.56 Å². The van der Waals surface area contributed by atoms with E-state index in [2.05, 4.69) is 15.6 Å². The molecule has 0 aliphatic heterocycles. The van der Waals surface area contributed by atoms with Gasteiger partial charge in [0.15, 0.2) is 0 Å². The van der Waals surface area contributed by atoms with Crippen LogP contribution in [0, 0.1) is 0 Å². The first kappa shape index (κ1) is 12.4. The highest BCUT2D eigenvalue weighted by Gasteiger charge is 2.12. The van der Waals surface area contributed by atoms with Crippen LogP contribution in [0.4, 0.5) is 5.82 Å². The van der Waals surface area contributed by atoms with Crippen LogP contribution in [0.5, 0.6) is 0 Å². The van der Waals surface area contributed by atoms with Crippen LogP contribution in [0.3, 0.4) is 0 Å².